The van der Waals surface area contributed by atoms with Crippen molar-refractivity contribution in [2.75, 3.05) is 13.2 Å². The monoisotopic (exact) mass is 464 g/mol. The lowest BCUT2D eigenvalue weighted by Gasteiger charge is -2.40. The first-order chi connectivity index (χ1) is 16.6. The van der Waals surface area contributed by atoms with E-state index in [9.17, 15) is 14.4 Å². The molecule has 1 spiro atoms. The Morgan fingerprint density at radius 1 is 0.941 bits per heavy atom. The fraction of sp³-hybridized carbons (Fsp3) is 0.593. The highest BCUT2D eigenvalue weighted by atomic mass is 16.6. The Morgan fingerprint density at radius 3 is 2.53 bits per heavy atom. The zero-order valence-electron chi connectivity index (χ0n) is 19.4. The van der Waals surface area contributed by atoms with Crippen molar-refractivity contribution in [3.8, 4) is 0 Å². The Balaban J connectivity index is 1.43. The minimum absolute atomic E-state index is 0.00611. The zero-order chi connectivity index (χ0) is 23.3. The van der Waals surface area contributed by atoms with Crippen LogP contribution < -0.4 is 0 Å². The first-order valence-corrected chi connectivity index (χ1v) is 12.8. The van der Waals surface area contributed by atoms with Gasteiger partial charge < -0.3 is 19.3 Å². The maximum Gasteiger partial charge on any atom is 0.312 e. The van der Waals surface area contributed by atoms with Gasteiger partial charge in [0.05, 0.1) is 18.6 Å². The number of benzene rings is 1. The number of carbonyl (C=O) groups is 3. The summed E-state index contributed by atoms with van der Waals surface area (Å²) in [5.74, 6) is -1.91. The summed E-state index contributed by atoms with van der Waals surface area (Å²) in [5, 5.41) is 0. The van der Waals surface area contributed by atoms with Crippen LogP contribution in [0.5, 0.6) is 0 Å². The second-order valence-corrected chi connectivity index (χ2v) is 10.4. The van der Waals surface area contributed by atoms with Crippen molar-refractivity contribution in [3.05, 3.63) is 48.0 Å². The molecule has 1 aliphatic carbocycles. The maximum absolute atomic E-state index is 14.4. The number of nitrogens with zero attached hydrogens (tertiary/aromatic N) is 2. The molecular weight excluding hydrogens is 432 g/mol. The van der Waals surface area contributed by atoms with Gasteiger partial charge in [0.25, 0.3) is 0 Å². The number of ether oxygens (including phenoxy) is 2. The highest BCUT2D eigenvalue weighted by Gasteiger charge is 2.74. The lowest BCUT2D eigenvalue weighted by molar-refractivity contribution is -0.155. The third-order valence-corrected chi connectivity index (χ3v) is 8.38. The smallest absolute Gasteiger partial charge is 0.312 e. The van der Waals surface area contributed by atoms with E-state index in [0.717, 1.165) is 44.1 Å². The SMILES string of the molecule is O=C1OCCCCN(Cc2ccccc2)C(=O)C2N(C3CCCCC3)C(=O)C3C1C1C=CC32O1. The molecule has 0 radical (unpaired) electrons. The molecule has 6 rings (SSSR count). The molecule has 3 saturated heterocycles. The van der Waals surface area contributed by atoms with Crippen LogP contribution in [0, 0.1) is 11.8 Å². The molecule has 7 nitrogen and oxygen atoms in total. The van der Waals surface area contributed by atoms with E-state index in [1.165, 1.54) is 0 Å². The van der Waals surface area contributed by atoms with E-state index in [2.05, 4.69) is 0 Å². The molecule has 5 unspecified atom stereocenters. The number of cyclic esters (lactones) is 1. The summed E-state index contributed by atoms with van der Waals surface area (Å²) >= 11 is 0. The molecule has 7 heteroatoms. The van der Waals surface area contributed by atoms with Crippen LogP contribution in [0.2, 0.25) is 0 Å². The maximum atomic E-state index is 14.4. The van der Waals surface area contributed by atoms with Crippen molar-refractivity contribution in [1.82, 2.24) is 9.80 Å². The van der Waals surface area contributed by atoms with Gasteiger partial charge in [-0.15, -0.1) is 0 Å². The quantitative estimate of drug-likeness (QED) is 0.508. The van der Waals surface area contributed by atoms with E-state index in [4.69, 9.17) is 9.47 Å². The van der Waals surface area contributed by atoms with Gasteiger partial charge in [-0.2, -0.15) is 0 Å². The van der Waals surface area contributed by atoms with Crippen molar-refractivity contribution >= 4 is 17.8 Å². The molecule has 5 aliphatic rings. The normalized spacial score (nSPS) is 35.9. The van der Waals surface area contributed by atoms with Crippen LogP contribution in [0.4, 0.5) is 0 Å². The molecule has 0 N–H and O–H groups in total. The molecule has 1 aromatic carbocycles. The highest BCUT2D eigenvalue weighted by Crippen LogP contribution is 2.56. The largest absolute Gasteiger partial charge is 0.465 e. The van der Waals surface area contributed by atoms with Crippen molar-refractivity contribution < 1.29 is 23.9 Å². The minimum atomic E-state index is -1.09. The summed E-state index contributed by atoms with van der Waals surface area (Å²) in [6.45, 7) is 1.33. The van der Waals surface area contributed by atoms with Gasteiger partial charge in [-0.25, -0.2) is 0 Å². The van der Waals surface area contributed by atoms with Crippen LogP contribution >= 0.6 is 0 Å². The average molecular weight is 465 g/mol. The summed E-state index contributed by atoms with van der Waals surface area (Å²) < 4.78 is 12.1. The number of rotatable bonds is 3. The van der Waals surface area contributed by atoms with Gasteiger partial charge >= 0.3 is 5.97 Å². The standard InChI is InChI=1S/C27H32N2O5/c30-24-22-21-20-13-14-27(22,34-20)23(29(24)19-11-5-2-6-12-19)25(31)28(15-7-8-16-33-26(21)32)17-18-9-3-1-4-10-18/h1,3-4,9-10,13-14,19-23H,2,5-8,11-12,15-17H2. The molecule has 5 atom stereocenters. The fourth-order valence-electron chi connectivity index (χ4n) is 6.83. The Kier molecular flexibility index (Phi) is 5.47. The molecule has 4 heterocycles. The van der Waals surface area contributed by atoms with Crippen LogP contribution in [0.3, 0.4) is 0 Å². The lowest BCUT2D eigenvalue weighted by atomic mass is 9.74. The molecule has 5 bridgehead atoms. The summed E-state index contributed by atoms with van der Waals surface area (Å²) in [6, 6.07) is 9.24. The van der Waals surface area contributed by atoms with E-state index in [0.29, 0.717) is 26.1 Å². The molecular formula is C27H32N2O5. The Labute approximate surface area is 200 Å². The van der Waals surface area contributed by atoms with E-state index in [1.54, 1.807) is 0 Å². The average Bonchev–Trinajstić information content (AvgIpc) is 3.51. The first-order valence-electron chi connectivity index (χ1n) is 12.8. The van der Waals surface area contributed by atoms with Gasteiger partial charge in [0.1, 0.15) is 17.6 Å². The predicted molar refractivity (Wildman–Crippen MR) is 123 cm³/mol. The molecule has 4 fully saturated rings. The van der Waals surface area contributed by atoms with E-state index < -0.39 is 29.6 Å². The van der Waals surface area contributed by atoms with Crippen LogP contribution in [0.15, 0.2) is 42.5 Å². The summed E-state index contributed by atoms with van der Waals surface area (Å²) in [6.07, 6.45) is 9.70. The Bertz CT molecular complexity index is 1000. The van der Waals surface area contributed by atoms with Crippen molar-refractivity contribution in [2.45, 2.75) is 75.3 Å². The van der Waals surface area contributed by atoms with Crippen LogP contribution in [0.1, 0.15) is 50.5 Å². The third kappa shape index (κ3) is 3.31. The second-order valence-electron chi connectivity index (χ2n) is 10.4. The highest BCUT2D eigenvalue weighted by molar-refractivity contribution is 5.99. The van der Waals surface area contributed by atoms with Crippen molar-refractivity contribution in [1.29, 1.82) is 0 Å². The number of amides is 2. The molecule has 34 heavy (non-hydrogen) atoms. The molecule has 4 aliphatic heterocycles. The number of hydrogen-bond acceptors (Lipinski definition) is 5. The number of fused-ring (bicyclic) bond motifs is 2. The Hall–Kier alpha value is -2.67. The molecule has 1 aromatic rings. The van der Waals surface area contributed by atoms with Gasteiger partial charge in [-0.3, -0.25) is 14.4 Å². The second kappa shape index (κ2) is 8.52. The van der Waals surface area contributed by atoms with Crippen LogP contribution in [0.25, 0.3) is 0 Å². The van der Waals surface area contributed by atoms with E-state index in [-0.39, 0.29) is 23.8 Å². The van der Waals surface area contributed by atoms with Gasteiger partial charge in [0.2, 0.25) is 11.8 Å². The molecule has 1 saturated carbocycles. The first kappa shape index (κ1) is 21.8. The summed E-state index contributed by atoms with van der Waals surface area (Å²) in [5.41, 5.74) is -0.0318. The van der Waals surface area contributed by atoms with Gasteiger partial charge in [-0.1, -0.05) is 61.7 Å². The number of carbonyl (C=O) groups excluding carboxylic acids is 3. The van der Waals surface area contributed by atoms with E-state index >= 15 is 0 Å². The van der Waals surface area contributed by atoms with Crippen molar-refractivity contribution in [2.24, 2.45) is 11.8 Å². The topological polar surface area (TPSA) is 76.2 Å². The van der Waals surface area contributed by atoms with Crippen LogP contribution in [-0.4, -0.2) is 64.5 Å². The van der Waals surface area contributed by atoms with Gasteiger partial charge in [0, 0.05) is 19.1 Å². The van der Waals surface area contributed by atoms with Gasteiger partial charge in [0.15, 0.2) is 0 Å². The minimum Gasteiger partial charge on any atom is -0.465 e. The van der Waals surface area contributed by atoms with E-state index in [1.807, 2.05) is 52.3 Å². The van der Waals surface area contributed by atoms with Crippen LogP contribution in [-0.2, 0) is 30.4 Å². The zero-order valence-corrected chi connectivity index (χ0v) is 19.4. The molecule has 180 valence electrons. The summed E-state index contributed by atoms with van der Waals surface area (Å²) in [4.78, 5) is 45.2. The summed E-state index contributed by atoms with van der Waals surface area (Å²) in [7, 11) is 0. The lowest BCUT2D eigenvalue weighted by Crippen LogP contribution is -2.58. The predicted octanol–water partition coefficient (Wildman–Crippen LogP) is 2.84. The molecule has 0 aromatic heterocycles. The number of hydrogen-bond donors (Lipinski definition) is 0. The third-order valence-electron chi connectivity index (χ3n) is 8.38. The Morgan fingerprint density at radius 2 is 1.74 bits per heavy atom. The molecule has 2 amide bonds. The van der Waals surface area contributed by atoms with Crippen molar-refractivity contribution in [3.63, 3.8) is 0 Å². The number of esters is 1. The van der Waals surface area contributed by atoms with Gasteiger partial charge in [-0.05, 0) is 31.2 Å². The number of likely N-dealkylation sites (tertiary alicyclic amines) is 1. The fourth-order valence-corrected chi connectivity index (χ4v) is 6.83.